The number of benzene rings is 8. The highest BCUT2D eigenvalue weighted by Crippen LogP contribution is 2.53. The smallest absolute Gasteiger partial charge is 0.238 e. The zero-order valence-corrected chi connectivity index (χ0v) is 29.7. The van der Waals surface area contributed by atoms with E-state index in [0.717, 1.165) is 22.5 Å². The average molecular weight is 711 g/mol. The Kier molecular flexibility index (Phi) is 6.06. The first-order valence-electron chi connectivity index (χ1n) is 17.7. The summed E-state index contributed by atoms with van der Waals surface area (Å²) in [5.74, 6) is 1.89. The van der Waals surface area contributed by atoms with Gasteiger partial charge in [-0.2, -0.15) is 9.97 Å². The van der Waals surface area contributed by atoms with E-state index in [-0.39, 0.29) is 0 Å². The van der Waals surface area contributed by atoms with Crippen LogP contribution in [0.2, 0.25) is 0 Å². The van der Waals surface area contributed by atoms with E-state index < -0.39 is 0 Å². The summed E-state index contributed by atoms with van der Waals surface area (Å²) >= 11 is 3.63. The predicted molar refractivity (Wildman–Crippen MR) is 225 cm³/mol. The van der Waals surface area contributed by atoms with Gasteiger partial charge in [0.1, 0.15) is 0 Å². The van der Waals surface area contributed by atoms with Crippen molar-refractivity contribution in [1.29, 1.82) is 0 Å². The van der Waals surface area contributed by atoms with Crippen molar-refractivity contribution in [3.05, 3.63) is 158 Å². The van der Waals surface area contributed by atoms with Crippen molar-refractivity contribution < 1.29 is 0 Å². The van der Waals surface area contributed by atoms with E-state index in [4.69, 9.17) is 15.0 Å². The van der Waals surface area contributed by atoms with E-state index >= 15 is 0 Å². The standard InChI is InChI=1S/C47H26N4S2/c1-2-13-30-27(10-1)22-24-37-43(30)33-16-7-11-28-12-8-18-36(42(28)33)51(37)47-49-45(29-23-25-40-35(26-29)31-14-3-5-19-38(31)52-40)48-46(50-47)34-17-9-21-41-44(34)32-15-4-6-20-39(32)53-41/h1-26H. The first-order chi connectivity index (χ1) is 26.3. The van der Waals surface area contributed by atoms with E-state index in [1.54, 1.807) is 11.3 Å². The molecule has 11 aromatic rings. The molecule has 246 valence electrons. The molecule has 12 rings (SSSR count). The van der Waals surface area contributed by atoms with Crippen molar-refractivity contribution >= 4 is 102 Å². The molecule has 6 heteroatoms. The van der Waals surface area contributed by atoms with Gasteiger partial charge in [0.05, 0.1) is 11.4 Å². The van der Waals surface area contributed by atoms with E-state index in [1.165, 1.54) is 73.0 Å². The highest BCUT2D eigenvalue weighted by atomic mass is 32.1. The number of nitrogens with zero attached hydrogens (tertiary/aromatic N) is 4. The minimum Gasteiger partial charge on any atom is -0.278 e. The third-order valence-electron chi connectivity index (χ3n) is 10.6. The summed E-state index contributed by atoms with van der Waals surface area (Å²) in [7, 11) is 0. The summed E-state index contributed by atoms with van der Waals surface area (Å²) < 4.78 is 4.99. The summed E-state index contributed by atoms with van der Waals surface area (Å²) in [6.07, 6.45) is 0. The third kappa shape index (κ3) is 4.25. The minimum atomic E-state index is 0.593. The van der Waals surface area contributed by atoms with Crippen LogP contribution in [0.3, 0.4) is 0 Å². The van der Waals surface area contributed by atoms with Gasteiger partial charge in [0.2, 0.25) is 5.95 Å². The molecule has 0 atom stereocenters. The predicted octanol–water partition coefficient (Wildman–Crippen LogP) is 13.7. The van der Waals surface area contributed by atoms with Crippen LogP contribution in [0.15, 0.2) is 158 Å². The molecule has 0 amide bonds. The lowest BCUT2D eigenvalue weighted by Crippen LogP contribution is -2.19. The van der Waals surface area contributed by atoms with Gasteiger partial charge in [-0.25, -0.2) is 4.98 Å². The summed E-state index contributed by atoms with van der Waals surface area (Å²) in [4.78, 5) is 18.4. The van der Waals surface area contributed by atoms with Crippen LogP contribution >= 0.6 is 22.7 Å². The maximum atomic E-state index is 5.44. The summed E-state index contributed by atoms with van der Waals surface area (Å²) in [5, 5.41) is 9.63. The van der Waals surface area contributed by atoms with Gasteiger partial charge in [-0.05, 0) is 70.3 Å². The van der Waals surface area contributed by atoms with Gasteiger partial charge in [-0.3, -0.25) is 4.90 Å². The molecule has 3 aromatic heterocycles. The first-order valence-corrected chi connectivity index (χ1v) is 19.3. The monoisotopic (exact) mass is 710 g/mol. The molecule has 0 N–H and O–H groups in total. The van der Waals surface area contributed by atoms with Crippen molar-refractivity contribution in [2.45, 2.75) is 0 Å². The summed E-state index contributed by atoms with van der Waals surface area (Å²) in [5.41, 5.74) is 6.48. The highest BCUT2D eigenvalue weighted by molar-refractivity contribution is 7.26. The topological polar surface area (TPSA) is 41.9 Å². The lowest BCUT2D eigenvalue weighted by molar-refractivity contribution is 1.03. The molecular weight excluding hydrogens is 685 g/mol. The fourth-order valence-corrected chi connectivity index (χ4v) is 10.5. The van der Waals surface area contributed by atoms with Gasteiger partial charge in [0.15, 0.2) is 11.6 Å². The van der Waals surface area contributed by atoms with Crippen molar-refractivity contribution in [1.82, 2.24) is 15.0 Å². The molecular formula is C47H26N4S2. The second-order valence-corrected chi connectivity index (χ2v) is 15.7. The van der Waals surface area contributed by atoms with Crippen LogP contribution in [0.4, 0.5) is 17.3 Å². The van der Waals surface area contributed by atoms with Gasteiger partial charge < -0.3 is 0 Å². The second kappa shape index (κ2) is 11.0. The molecule has 4 nitrogen and oxygen atoms in total. The quantitative estimate of drug-likeness (QED) is 0.183. The van der Waals surface area contributed by atoms with Crippen LogP contribution in [0.25, 0.3) is 95.8 Å². The minimum absolute atomic E-state index is 0.593. The Labute approximate surface area is 311 Å². The molecule has 0 radical (unpaired) electrons. The van der Waals surface area contributed by atoms with Gasteiger partial charge in [-0.1, -0.05) is 109 Å². The molecule has 53 heavy (non-hydrogen) atoms. The molecule has 0 spiro atoms. The van der Waals surface area contributed by atoms with Crippen molar-refractivity contribution in [2.24, 2.45) is 0 Å². The van der Waals surface area contributed by atoms with Crippen molar-refractivity contribution in [2.75, 3.05) is 4.90 Å². The van der Waals surface area contributed by atoms with Crippen molar-refractivity contribution in [3.63, 3.8) is 0 Å². The molecule has 0 saturated heterocycles. The molecule has 0 aliphatic carbocycles. The highest BCUT2D eigenvalue weighted by Gasteiger charge is 2.30. The molecule has 0 unspecified atom stereocenters. The molecule has 0 saturated carbocycles. The number of fused-ring (bicyclic) bond motifs is 10. The fraction of sp³-hybridized carbons (Fsp3) is 0. The largest absolute Gasteiger partial charge is 0.278 e. The molecule has 0 bridgehead atoms. The molecule has 1 aliphatic heterocycles. The van der Waals surface area contributed by atoms with Crippen LogP contribution in [-0.4, -0.2) is 15.0 Å². The van der Waals surface area contributed by atoms with Gasteiger partial charge >= 0.3 is 0 Å². The lowest BCUT2D eigenvalue weighted by Gasteiger charge is -2.32. The SMILES string of the molecule is c1ccc2c3c(ccc2c1)N(c1nc(-c2ccc4sc5ccccc5c4c2)nc(-c2cccc4sc5ccccc5c24)n1)c1cccc2cccc-3c12. The Bertz CT molecular complexity index is 3320. The van der Waals surface area contributed by atoms with Crippen LogP contribution < -0.4 is 4.90 Å². The number of thiophene rings is 2. The van der Waals surface area contributed by atoms with E-state index in [9.17, 15) is 0 Å². The van der Waals surface area contributed by atoms with Crippen LogP contribution in [0.1, 0.15) is 0 Å². The number of aromatic nitrogens is 3. The van der Waals surface area contributed by atoms with E-state index in [2.05, 4.69) is 163 Å². The first kappa shape index (κ1) is 29.1. The third-order valence-corrected chi connectivity index (χ3v) is 12.9. The van der Waals surface area contributed by atoms with Crippen molar-refractivity contribution in [3.8, 4) is 33.9 Å². The Morgan fingerprint density at radius 2 is 1.06 bits per heavy atom. The van der Waals surface area contributed by atoms with Crippen LogP contribution in [0, 0.1) is 0 Å². The van der Waals surface area contributed by atoms with Crippen LogP contribution in [0.5, 0.6) is 0 Å². The molecule has 0 fully saturated rings. The van der Waals surface area contributed by atoms with Gasteiger partial charge in [0, 0.05) is 62.4 Å². The van der Waals surface area contributed by atoms with Crippen LogP contribution in [-0.2, 0) is 0 Å². The molecule has 8 aromatic carbocycles. The van der Waals surface area contributed by atoms with E-state index in [1.807, 2.05) is 11.3 Å². The number of hydrogen-bond acceptors (Lipinski definition) is 6. The Morgan fingerprint density at radius 3 is 1.96 bits per heavy atom. The molecule has 4 heterocycles. The zero-order chi connectivity index (χ0) is 34.6. The zero-order valence-electron chi connectivity index (χ0n) is 28.1. The normalized spacial score (nSPS) is 12.5. The Balaban J connectivity index is 1.18. The number of anilines is 3. The van der Waals surface area contributed by atoms with Gasteiger partial charge in [-0.15, -0.1) is 22.7 Å². The average Bonchev–Trinajstić information content (AvgIpc) is 3.79. The number of hydrogen-bond donors (Lipinski definition) is 0. The number of rotatable bonds is 3. The summed E-state index contributed by atoms with van der Waals surface area (Å²) in [6.45, 7) is 0. The van der Waals surface area contributed by atoms with E-state index in [0.29, 0.717) is 17.6 Å². The van der Waals surface area contributed by atoms with Gasteiger partial charge in [0.25, 0.3) is 0 Å². The maximum Gasteiger partial charge on any atom is 0.238 e. The fourth-order valence-electron chi connectivity index (χ4n) is 8.33. The Hall–Kier alpha value is -6.47. The molecule has 1 aliphatic rings. The summed E-state index contributed by atoms with van der Waals surface area (Å²) in [6, 6.07) is 56.6. The Morgan fingerprint density at radius 1 is 0.396 bits per heavy atom. The lowest BCUT2D eigenvalue weighted by atomic mass is 9.88. The second-order valence-electron chi connectivity index (χ2n) is 13.6. The maximum absolute atomic E-state index is 5.44.